The molecule has 0 N–H and O–H groups in total. The van der Waals surface area contributed by atoms with E-state index in [-0.39, 0.29) is 0 Å². The van der Waals surface area contributed by atoms with Gasteiger partial charge in [0.15, 0.2) is 5.82 Å². The quantitative estimate of drug-likeness (QED) is 0.125. The van der Waals surface area contributed by atoms with Crippen molar-refractivity contribution in [3.05, 3.63) is 133 Å². The van der Waals surface area contributed by atoms with Crippen LogP contribution in [0.1, 0.15) is 24.0 Å². The molecule has 0 fully saturated rings. The fraction of sp³-hybridized carbons (Fsp3) is 0.176. The van der Waals surface area contributed by atoms with Gasteiger partial charge in [-0.05, 0) is 47.9 Å². The predicted molar refractivity (Wildman–Crippen MR) is 164 cm³/mol. The zero-order valence-corrected chi connectivity index (χ0v) is 22.8. The van der Waals surface area contributed by atoms with E-state index in [0.717, 1.165) is 60.5 Å². The first-order valence-corrected chi connectivity index (χ1v) is 14.6. The summed E-state index contributed by atoms with van der Waals surface area (Å²) in [6.45, 7) is 2.47. The minimum absolute atomic E-state index is 0.764. The Balaban J connectivity index is 1.31. The van der Waals surface area contributed by atoms with Crippen LogP contribution in [0.3, 0.4) is 0 Å². The highest BCUT2D eigenvalue weighted by Crippen LogP contribution is 2.32. The van der Waals surface area contributed by atoms with Crippen LogP contribution < -0.4 is 4.90 Å². The number of imidazole rings is 1. The van der Waals surface area contributed by atoms with Crippen molar-refractivity contribution in [2.75, 3.05) is 10.7 Å². The zero-order chi connectivity index (χ0) is 26.3. The number of thioether (sulfide) groups is 1. The van der Waals surface area contributed by atoms with E-state index >= 15 is 0 Å². The van der Waals surface area contributed by atoms with Gasteiger partial charge in [0.2, 0.25) is 0 Å². The van der Waals surface area contributed by atoms with Crippen LogP contribution in [-0.4, -0.2) is 20.3 Å². The summed E-state index contributed by atoms with van der Waals surface area (Å²) >= 11 is 1.93. The number of rotatable bonds is 11. The second kappa shape index (κ2) is 12.2. The van der Waals surface area contributed by atoms with Crippen LogP contribution in [0.15, 0.2) is 126 Å². The predicted octanol–water partition coefficient (Wildman–Crippen LogP) is 8.36. The molecule has 0 bridgehead atoms. The highest BCUT2D eigenvalue weighted by atomic mass is 32.2. The lowest BCUT2D eigenvalue weighted by Crippen LogP contribution is -2.23. The molecule has 0 atom stereocenters. The first kappa shape index (κ1) is 25.2. The molecule has 0 saturated carbocycles. The number of aromatic nitrogens is 3. The van der Waals surface area contributed by atoms with Crippen LogP contribution >= 0.6 is 11.8 Å². The molecule has 0 amide bonds. The SMILES string of the molecule is c1ccc(CN(Cc2ccccc2)c2nc3ccccc3c3c2ncn3CCCCSc2ccccc2)cc1. The molecule has 0 unspecified atom stereocenters. The van der Waals surface area contributed by atoms with Gasteiger partial charge in [-0.1, -0.05) is 97.1 Å². The Hall–Kier alpha value is -4.09. The van der Waals surface area contributed by atoms with Crippen molar-refractivity contribution in [2.24, 2.45) is 0 Å². The van der Waals surface area contributed by atoms with E-state index in [1.54, 1.807) is 0 Å². The number of hydrogen-bond acceptors (Lipinski definition) is 4. The number of anilines is 1. The molecule has 2 aromatic heterocycles. The molecule has 4 nitrogen and oxygen atoms in total. The molecule has 6 rings (SSSR count). The summed E-state index contributed by atoms with van der Waals surface area (Å²) in [5, 5.41) is 1.16. The zero-order valence-electron chi connectivity index (χ0n) is 22.0. The van der Waals surface area contributed by atoms with E-state index in [1.807, 2.05) is 18.1 Å². The van der Waals surface area contributed by atoms with E-state index < -0.39 is 0 Å². The molecule has 0 radical (unpaired) electrons. The van der Waals surface area contributed by atoms with Crippen molar-refractivity contribution in [3.8, 4) is 0 Å². The molecule has 2 heterocycles. The molecule has 194 valence electrons. The largest absolute Gasteiger partial charge is 0.346 e. The summed E-state index contributed by atoms with van der Waals surface area (Å²) in [6, 6.07) is 40.4. The molecule has 0 aliphatic rings. The fourth-order valence-electron chi connectivity index (χ4n) is 5.06. The van der Waals surface area contributed by atoms with Crippen molar-refractivity contribution < 1.29 is 0 Å². The van der Waals surface area contributed by atoms with E-state index in [9.17, 15) is 0 Å². The van der Waals surface area contributed by atoms with Crippen molar-refractivity contribution >= 4 is 39.5 Å². The molecule has 0 aliphatic carbocycles. The lowest BCUT2D eigenvalue weighted by atomic mass is 10.1. The van der Waals surface area contributed by atoms with Crippen molar-refractivity contribution in [1.82, 2.24) is 14.5 Å². The Morgan fingerprint density at radius 3 is 1.97 bits per heavy atom. The van der Waals surface area contributed by atoms with E-state index in [1.165, 1.54) is 21.5 Å². The third-order valence-corrected chi connectivity index (χ3v) is 8.07. The summed E-state index contributed by atoms with van der Waals surface area (Å²) in [7, 11) is 0. The summed E-state index contributed by atoms with van der Waals surface area (Å²) < 4.78 is 2.33. The van der Waals surface area contributed by atoms with Crippen LogP contribution in [0.4, 0.5) is 5.82 Å². The third-order valence-electron chi connectivity index (χ3n) is 6.97. The van der Waals surface area contributed by atoms with Crippen molar-refractivity contribution in [1.29, 1.82) is 0 Å². The maximum Gasteiger partial charge on any atom is 0.158 e. The van der Waals surface area contributed by atoms with Crippen molar-refractivity contribution in [2.45, 2.75) is 37.4 Å². The highest BCUT2D eigenvalue weighted by Gasteiger charge is 2.19. The van der Waals surface area contributed by atoms with Crippen LogP contribution in [0.2, 0.25) is 0 Å². The molecule has 0 spiro atoms. The monoisotopic (exact) mass is 528 g/mol. The summed E-state index contributed by atoms with van der Waals surface area (Å²) in [5.41, 5.74) is 5.67. The number of hydrogen-bond donors (Lipinski definition) is 0. The Morgan fingerprint density at radius 1 is 0.667 bits per heavy atom. The van der Waals surface area contributed by atoms with Gasteiger partial charge in [-0.25, -0.2) is 9.97 Å². The fourth-order valence-corrected chi connectivity index (χ4v) is 5.99. The van der Waals surface area contributed by atoms with Gasteiger partial charge >= 0.3 is 0 Å². The Labute approximate surface area is 234 Å². The lowest BCUT2D eigenvalue weighted by molar-refractivity contribution is 0.650. The number of benzene rings is 4. The molecule has 0 saturated heterocycles. The standard InChI is InChI=1S/C34H32N4S/c1-4-14-27(15-5-1)24-38(25-28-16-6-2-7-17-28)34-32-33(30-20-10-11-21-31(30)36-34)37(26-35-32)22-12-13-23-39-29-18-8-3-9-19-29/h1-11,14-21,26H,12-13,22-25H2. The molecule has 4 aromatic carbocycles. The number of nitrogens with zero attached hydrogens (tertiary/aromatic N) is 4. The molecule has 0 aliphatic heterocycles. The first-order valence-electron chi connectivity index (χ1n) is 13.6. The summed E-state index contributed by atoms with van der Waals surface area (Å²) in [5.74, 6) is 2.06. The average molecular weight is 529 g/mol. The van der Waals surface area contributed by atoms with Gasteiger partial charge in [0.25, 0.3) is 0 Å². The van der Waals surface area contributed by atoms with Gasteiger partial charge in [0.05, 0.1) is 17.4 Å². The van der Waals surface area contributed by atoms with Crippen LogP contribution in [0.5, 0.6) is 0 Å². The van der Waals surface area contributed by atoms with Gasteiger partial charge in [-0.15, -0.1) is 11.8 Å². The van der Waals surface area contributed by atoms with E-state index in [0.29, 0.717) is 0 Å². The maximum absolute atomic E-state index is 5.20. The Bertz CT molecular complexity index is 1590. The maximum atomic E-state index is 5.20. The molecular formula is C34H32N4S. The van der Waals surface area contributed by atoms with Crippen LogP contribution in [0, 0.1) is 0 Å². The number of pyridine rings is 1. The highest BCUT2D eigenvalue weighted by molar-refractivity contribution is 7.99. The minimum Gasteiger partial charge on any atom is -0.346 e. The number of aryl methyl sites for hydroxylation is 1. The second-order valence-electron chi connectivity index (χ2n) is 9.78. The van der Waals surface area contributed by atoms with Gasteiger partial charge in [-0.2, -0.15) is 0 Å². The Kier molecular flexibility index (Phi) is 7.87. The molecule has 39 heavy (non-hydrogen) atoms. The van der Waals surface area contributed by atoms with E-state index in [2.05, 4.69) is 125 Å². The summed E-state index contributed by atoms with van der Waals surface area (Å²) in [6.07, 6.45) is 4.27. The van der Waals surface area contributed by atoms with Gasteiger partial charge in [0.1, 0.15) is 5.52 Å². The van der Waals surface area contributed by atoms with E-state index in [4.69, 9.17) is 9.97 Å². The third kappa shape index (κ3) is 5.99. The van der Waals surface area contributed by atoms with Crippen molar-refractivity contribution in [3.63, 3.8) is 0 Å². The van der Waals surface area contributed by atoms with Crippen LogP contribution in [-0.2, 0) is 19.6 Å². The van der Waals surface area contributed by atoms with Gasteiger partial charge in [-0.3, -0.25) is 0 Å². The average Bonchev–Trinajstić information content (AvgIpc) is 3.42. The molecule has 6 aromatic rings. The lowest BCUT2D eigenvalue weighted by Gasteiger charge is -2.25. The first-order chi connectivity index (χ1) is 19.3. The topological polar surface area (TPSA) is 34.0 Å². The normalized spacial score (nSPS) is 11.3. The molecular weight excluding hydrogens is 496 g/mol. The van der Waals surface area contributed by atoms with Crippen LogP contribution in [0.25, 0.3) is 21.9 Å². The number of fused-ring (bicyclic) bond motifs is 3. The minimum atomic E-state index is 0.764. The number of para-hydroxylation sites is 1. The van der Waals surface area contributed by atoms with Gasteiger partial charge < -0.3 is 9.47 Å². The van der Waals surface area contributed by atoms with Gasteiger partial charge in [0, 0.05) is 29.9 Å². The molecule has 5 heteroatoms. The smallest absolute Gasteiger partial charge is 0.158 e. The second-order valence-corrected chi connectivity index (χ2v) is 11.0. The number of unbranched alkanes of at least 4 members (excludes halogenated alkanes) is 1. The summed E-state index contributed by atoms with van der Waals surface area (Å²) in [4.78, 5) is 13.9. The Morgan fingerprint density at radius 2 is 1.28 bits per heavy atom.